The van der Waals surface area contributed by atoms with E-state index < -0.39 is 21.9 Å². The molecule has 0 radical (unpaired) electrons. The Bertz CT molecular complexity index is 1140. The van der Waals surface area contributed by atoms with Gasteiger partial charge in [0, 0.05) is 25.6 Å². The molecule has 1 N–H and O–H groups in total. The van der Waals surface area contributed by atoms with E-state index in [1.165, 1.54) is 18.2 Å². The molecule has 1 aliphatic rings. The number of carbonyl (C=O) groups excluding carboxylic acids is 2. The lowest BCUT2D eigenvalue weighted by molar-refractivity contribution is -0.141. The van der Waals surface area contributed by atoms with Crippen molar-refractivity contribution in [3.05, 3.63) is 66.0 Å². The highest BCUT2D eigenvalue weighted by atomic mass is 32.2. The van der Waals surface area contributed by atoms with Crippen molar-refractivity contribution in [2.75, 3.05) is 23.7 Å². The van der Waals surface area contributed by atoms with E-state index in [-0.39, 0.29) is 42.9 Å². The van der Waals surface area contributed by atoms with Gasteiger partial charge in [-0.15, -0.1) is 0 Å². The van der Waals surface area contributed by atoms with Gasteiger partial charge in [0.15, 0.2) is 0 Å². The van der Waals surface area contributed by atoms with E-state index in [0.717, 1.165) is 41.8 Å². The number of sulfonamides is 1. The summed E-state index contributed by atoms with van der Waals surface area (Å²) >= 11 is 0. The van der Waals surface area contributed by atoms with Crippen LogP contribution in [0, 0.1) is 5.82 Å². The minimum atomic E-state index is -3.75. The van der Waals surface area contributed by atoms with Crippen molar-refractivity contribution in [1.29, 1.82) is 0 Å². The second-order valence-electron chi connectivity index (χ2n) is 9.63. The number of hydrogen-bond acceptors (Lipinski definition) is 4. The summed E-state index contributed by atoms with van der Waals surface area (Å²) in [6.45, 7) is 2.23. The maximum atomic E-state index is 14.3. The van der Waals surface area contributed by atoms with Crippen LogP contribution in [-0.4, -0.2) is 56.6 Å². The van der Waals surface area contributed by atoms with Crippen LogP contribution >= 0.6 is 0 Å². The third-order valence-corrected chi connectivity index (χ3v) is 8.02. The van der Waals surface area contributed by atoms with Crippen LogP contribution in [0.4, 0.5) is 10.1 Å². The van der Waals surface area contributed by atoms with E-state index >= 15 is 0 Å². The molecule has 0 spiro atoms. The summed E-state index contributed by atoms with van der Waals surface area (Å²) in [5.41, 5.74) is 1.02. The number of rotatable bonds is 13. The van der Waals surface area contributed by atoms with E-state index in [1.807, 2.05) is 37.3 Å². The second-order valence-corrected chi connectivity index (χ2v) is 11.5. The molecule has 0 unspecified atom stereocenters. The van der Waals surface area contributed by atoms with Crippen molar-refractivity contribution in [1.82, 2.24) is 10.2 Å². The molecule has 1 atom stereocenters. The molecule has 37 heavy (non-hydrogen) atoms. The van der Waals surface area contributed by atoms with E-state index in [0.29, 0.717) is 19.4 Å². The number of halogens is 1. The fourth-order valence-electron chi connectivity index (χ4n) is 4.90. The van der Waals surface area contributed by atoms with Gasteiger partial charge >= 0.3 is 0 Å². The number of anilines is 1. The molecule has 9 heteroatoms. The molecule has 0 saturated heterocycles. The molecule has 1 aliphatic carbocycles. The third kappa shape index (κ3) is 8.28. The van der Waals surface area contributed by atoms with Crippen molar-refractivity contribution < 1.29 is 22.4 Å². The van der Waals surface area contributed by atoms with Gasteiger partial charge in [-0.3, -0.25) is 13.9 Å². The van der Waals surface area contributed by atoms with Gasteiger partial charge in [-0.2, -0.15) is 0 Å². The summed E-state index contributed by atoms with van der Waals surface area (Å²) in [5, 5.41) is 3.12. The molecular formula is C28H38FN3O4S. The van der Waals surface area contributed by atoms with E-state index in [2.05, 4.69) is 5.32 Å². The summed E-state index contributed by atoms with van der Waals surface area (Å²) < 4.78 is 40.1. The van der Waals surface area contributed by atoms with Crippen LogP contribution in [-0.2, 0) is 26.0 Å². The quantitative estimate of drug-likeness (QED) is 0.418. The molecule has 0 aromatic heterocycles. The highest BCUT2D eigenvalue weighted by Gasteiger charge is 2.30. The fraction of sp³-hybridized carbons (Fsp3) is 0.500. The van der Waals surface area contributed by atoms with Crippen molar-refractivity contribution in [3.8, 4) is 0 Å². The number of para-hydroxylation sites is 1. The fourth-order valence-corrected chi connectivity index (χ4v) is 5.87. The van der Waals surface area contributed by atoms with E-state index in [4.69, 9.17) is 0 Å². The summed E-state index contributed by atoms with van der Waals surface area (Å²) in [4.78, 5) is 28.3. The lowest BCUT2D eigenvalue weighted by atomic mass is 10.1. The Morgan fingerprint density at radius 3 is 2.30 bits per heavy atom. The average molecular weight is 532 g/mol. The molecule has 2 aromatic carbocycles. The monoisotopic (exact) mass is 531 g/mol. The number of amides is 2. The second kappa shape index (κ2) is 13.6. The van der Waals surface area contributed by atoms with Crippen LogP contribution in [0.3, 0.4) is 0 Å². The number of nitrogens with zero attached hydrogens (tertiary/aromatic N) is 2. The number of benzene rings is 2. The first-order chi connectivity index (χ1) is 17.7. The van der Waals surface area contributed by atoms with Crippen LogP contribution in [0.25, 0.3) is 0 Å². The maximum Gasteiger partial charge on any atom is 0.243 e. The van der Waals surface area contributed by atoms with Crippen molar-refractivity contribution in [2.45, 2.75) is 70.4 Å². The van der Waals surface area contributed by atoms with Gasteiger partial charge in [-0.1, -0.05) is 62.2 Å². The first kappa shape index (κ1) is 28.6. The molecular weight excluding hydrogens is 493 g/mol. The van der Waals surface area contributed by atoms with Crippen LogP contribution in [0.5, 0.6) is 0 Å². The van der Waals surface area contributed by atoms with E-state index in [9.17, 15) is 22.4 Å². The minimum absolute atomic E-state index is 0.0386. The molecule has 0 aliphatic heterocycles. The SMILES string of the molecule is CC[C@@H](C(=O)NC1CCCC1)N(CCc1ccccc1)C(=O)CCCN(c1ccccc1F)S(C)(=O)=O. The lowest BCUT2D eigenvalue weighted by Gasteiger charge is -2.32. The Balaban J connectivity index is 1.71. The number of nitrogens with one attached hydrogen (secondary N) is 1. The minimum Gasteiger partial charge on any atom is -0.352 e. The largest absolute Gasteiger partial charge is 0.352 e. The maximum absolute atomic E-state index is 14.3. The number of carbonyl (C=O) groups is 2. The molecule has 1 saturated carbocycles. The molecule has 7 nitrogen and oxygen atoms in total. The Morgan fingerprint density at radius 2 is 1.68 bits per heavy atom. The van der Waals surface area contributed by atoms with Crippen LogP contribution < -0.4 is 9.62 Å². The van der Waals surface area contributed by atoms with Gasteiger partial charge in [0.05, 0.1) is 11.9 Å². The predicted molar refractivity (Wildman–Crippen MR) is 144 cm³/mol. The zero-order valence-electron chi connectivity index (χ0n) is 21.7. The van der Waals surface area contributed by atoms with Gasteiger partial charge in [0.2, 0.25) is 21.8 Å². The summed E-state index contributed by atoms with van der Waals surface area (Å²) in [7, 11) is -3.75. The molecule has 0 bridgehead atoms. The van der Waals surface area contributed by atoms with Crippen molar-refractivity contribution >= 4 is 27.5 Å². The Morgan fingerprint density at radius 1 is 1.03 bits per heavy atom. The van der Waals surface area contributed by atoms with E-state index in [1.54, 1.807) is 11.0 Å². The summed E-state index contributed by atoms with van der Waals surface area (Å²) in [6.07, 6.45) is 6.44. The van der Waals surface area contributed by atoms with Crippen LogP contribution in [0.2, 0.25) is 0 Å². The predicted octanol–water partition coefficient (Wildman–Crippen LogP) is 4.28. The summed E-state index contributed by atoms with van der Waals surface area (Å²) in [5.74, 6) is -0.996. The van der Waals surface area contributed by atoms with Gasteiger partial charge in [0.25, 0.3) is 0 Å². The highest BCUT2D eigenvalue weighted by molar-refractivity contribution is 7.92. The Labute approximate surface area is 220 Å². The zero-order chi connectivity index (χ0) is 26.8. The first-order valence-corrected chi connectivity index (χ1v) is 14.9. The van der Waals surface area contributed by atoms with Crippen molar-refractivity contribution in [3.63, 3.8) is 0 Å². The van der Waals surface area contributed by atoms with Gasteiger partial charge in [0.1, 0.15) is 11.9 Å². The van der Waals surface area contributed by atoms with Gasteiger partial charge in [-0.05, 0) is 49.8 Å². The standard InChI is InChI=1S/C28H38FN3O4S/c1-3-25(28(34)30-23-14-7-8-15-23)31(21-19-22-12-5-4-6-13-22)27(33)18-11-20-32(37(2,35)36)26-17-10-9-16-24(26)29/h4-6,9-10,12-13,16-17,23,25H,3,7-8,11,14-15,18-21H2,1-2H3,(H,30,34)/t25-/m0/s1. The normalized spacial score (nSPS) is 14.8. The first-order valence-electron chi connectivity index (χ1n) is 13.1. The molecule has 2 aromatic rings. The topological polar surface area (TPSA) is 86.8 Å². The molecule has 2 amide bonds. The zero-order valence-corrected chi connectivity index (χ0v) is 22.6. The van der Waals surface area contributed by atoms with Crippen molar-refractivity contribution in [2.24, 2.45) is 0 Å². The average Bonchev–Trinajstić information content (AvgIpc) is 3.37. The Hall–Kier alpha value is -2.94. The molecule has 1 fully saturated rings. The van der Waals surface area contributed by atoms with Crippen LogP contribution in [0.1, 0.15) is 57.4 Å². The van der Waals surface area contributed by atoms with Crippen LogP contribution in [0.15, 0.2) is 54.6 Å². The van der Waals surface area contributed by atoms with Gasteiger partial charge in [-0.25, -0.2) is 12.8 Å². The number of hydrogen-bond donors (Lipinski definition) is 1. The molecule has 3 rings (SSSR count). The Kier molecular flexibility index (Phi) is 10.5. The summed E-state index contributed by atoms with van der Waals surface area (Å²) in [6, 6.07) is 15.0. The van der Waals surface area contributed by atoms with Gasteiger partial charge < -0.3 is 10.2 Å². The molecule has 0 heterocycles. The third-order valence-electron chi connectivity index (χ3n) is 6.85. The smallest absolute Gasteiger partial charge is 0.243 e. The lowest BCUT2D eigenvalue weighted by Crippen LogP contribution is -2.52. The molecule has 202 valence electrons. The highest BCUT2D eigenvalue weighted by Crippen LogP contribution is 2.23.